The van der Waals surface area contributed by atoms with E-state index in [4.69, 9.17) is 9.15 Å². The van der Waals surface area contributed by atoms with Gasteiger partial charge in [0.2, 0.25) is 5.95 Å². The highest BCUT2D eigenvalue weighted by Crippen LogP contribution is 2.20. The summed E-state index contributed by atoms with van der Waals surface area (Å²) in [4.78, 5) is 37.1. The SMILES string of the molecule is COc1cccc(CN(C(=O)c2ccco2)c2nc3nc(C)c(Cc4ccccc4)c(=O)n3[nH]2)c1. The highest BCUT2D eigenvalue weighted by atomic mass is 16.5. The topological polar surface area (TPSA) is 106 Å². The standard InChI is InChI=1S/C26H23N5O4/c1-17-21(15-18-8-4-3-5-9-18)23(32)31-25(27-17)28-26(29-31)30(24(33)22-12-7-13-35-22)16-19-10-6-11-20(14-19)34-2/h3-14H,15-16H2,1-2H3,(H,27,28,29). The molecule has 0 saturated carbocycles. The van der Waals surface area contributed by atoms with Crippen molar-refractivity contribution in [1.29, 1.82) is 0 Å². The first kappa shape index (κ1) is 22.1. The predicted molar refractivity (Wildman–Crippen MR) is 130 cm³/mol. The first-order valence-electron chi connectivity index (χ1n) is 11.0. The second-order valence-corrected chi connectivity index (χ2v) is 8.05. The van der Waals surface area contributed by atoms with Crippen molar-refractivity contribution in [2.45, 2.75) is 19.9 Å². The van der Waals surface area contributed by atoms with Crippen molar-refractivity contribution in [2.24, 2.45) is 0 Å². The number of amides is 1. The van der Waals surface area contributed by atoms with Crippen molar-refractivity contribution in [2.75, 3.05) is 12.0 Å². The maximum Gasteiger partial charge on any atom is 0.296 e. The van der Waals surface area contributed by atoms with E-state index in [1.165, 1.54) is 15.7 Å². The van der Waals surface area contributed by atoms with Crippen molar-refractivity contribution in [1.82, 2.24) is 19.6 Å². The van der Waals surface area contributed by atoms with E-state index in [0.717, 1.165) is 11.1 Å². The average Bonchev–Trinajstić information content (AvgIpc) is 3.56. The fourth-order valence-corrected chi connectivity index (χ4v) is 3.90. The van der Waals surface area contributed by atoms with Crippen LogP contribution in [0.1, 0.15) is 32.9 Å². The minimum atomic E-state index is -0.411. The number of H-pyrrole nitrogens is 1. The number of aromatic amines is 1. The predicted octanol–water partition coefficient (Wildman–Crippen LogP) is 3.77. The van der Waals surface area contributed by atoms with Gasteiger partial charge in [-0.15, -0.1) is 0 Å². The van der Waals surface area contributed by atoms with Crippen LogP contribution in [-0.4, -0.2) is 32.6 Å². The summed E-state index contributed by atoms with van der Waals surface area (Å²) < 4.78 is 11.9. The first-order chi connectivity index (χ1) is 17.0. The molecule has 0 aliphatic rings. The van der Waals surface area contributed by atoms with E-state index in [0.29, 0.717) is 23.4 Å². The quantitative estimate of drug-likeness (QED) is 0.389. The lowest BCUT2D eigenvalue weighted by Gasteiger charge is -2.18. The zero-order valence-electron chi connectivity index (χ0n) is 19.3. The van der Waals surface area contributed by atoms with Crippen molar-refractivity contribution in [3.63, 3.8) is 0 Å². The van der Waals surface area contributed by atoms with Gasteiger partial charge in [-0.25, -0.2) is 4.98 Å². The molecule has 9 nitrogen and oxygen atoms in total. The van der Waals surface area contributed by atoms with Gasteiger partial charge in [0, 0.05) is 12.0 Å². The van der Waals surface area contributed by atoms with Crippen molar-refractivity contribution < 1.29 is 13.9 Å². The monoisotopic (exact) mass is 469 g/mol. The maximum absolute atomic E-state index is 13.3. The van der Waals surface area contributed by atoms with Gasteiger partial charge in [-0.05, 0) is 42.3 Å². The number of methoxy groups -OCH3 is 1. The molecular weight excluding hydrogens is 446 g/mol. The number of aromatic nitrogens is 4. The van der Waals surface area contributed by atoms with Crippen LogP contribution in [0.25, 0.3) is 5.78 Å². The largest absolute Gasteiger partial charge is 0.497 e. The van der Waals surface area contributed by atoms with Gasteiger partial charge in [0.15, 0.2) is 5.76 Å². The molecule has 0 aliphatic carbocycles. The Morgan fingerprint density at radius 2 is 1.86 bits per heavy atom. The number of aryl methyl sites for hydroxylation is 1. The summed E-state index contributed by atoms with van der Waals surface area (Å²) in [7, 11) is 1.58. The maximum atomic E-state index is 13.3. The van der Waals surface area contributed by atoms with Crippen LogP contribution < -0.4 is 15.2 Å². The van der Waals surface area contributed by atoms with Crippen LogP contribution in [-0.2, 0) is 13.0 Å². The van der Waals surface area contributed by atoms with Gasteiger partial charge in [-0.2, -0.15) is 9.50 Å². The molecular formula is C26H23N5O4. The second kappa shape index (κ2) is 9.30. The summed E-state index contributed by atoms with van der Waals surface area (Å²) in [5, 5.41) is 2.97. The highest BCUT2D eigenvalue weighted by molar-refractivity contribution is 6.03. The van der Waals surface area contributed by atoms with E-state index in [2.05, 4.69) is 15.1 Å². The summed E-state index contributed by atoms with van der Waals surface area (Å²) in [6.45, 7) is 1.96. The molecule has 9 heteroatoms. The number of hydrogen-bond donors (Lipinski definition) is 1. The third kappa shape index (κ3) is 4.43. The molecule has 176 valence electrons. The molecule has 5 aromatic rings. The number of benzene rings is 2. The van der Waals surface area contributed by atoms with Crippen LogP contribution in [0.5, 0.6) is 5.75 Å². The Bertz CT molecular complexity index is 1540. The van der Waals surface area contributed by atoms with E-state index in [-0.39, 0.29) is 29.6 Å². The van der Waals surface area contributed by atoms with Crippen molar-refractivity contribution in [3.8, 4) is 5.75 Å². The Hall–Kier alpha value is -4.66. The average molecular weight is 470 g/mol. The van der Waals surface area contributed by atoms with Gasteiger partial charge in [-0.1, -0.05) is 42.5 Å². The molecule has 0 radical (unpaired) electrons. The minimum absolute atomic E-state index is 0.148. The molecule has 0 saturated heterocycles. The third-order valence-electron chi connectivity index (χ3n) is 5.71. The molecule has 3 aromatic heterocycles. The number of rotatable bonds is 7. The molecule has 5 rings (SSSR count). The number of hydrogen-bond acceptors (Lipinski definition) is 6. The van der Waals surface area contributed by atoms with Gasteiger partial charge < -0.3 is 9.15 Å². The second-order valence-electron chi connectivity index (χ2n) is 8.05. The van der Waals surface area contributed by atoms with E-state index in [1.54, 1.807) is 26.2 Å². The molecule has 2 aromatic carbocycles. The fourth-order valence-electron chi connectivity index (χ4n) is 3.90. The molecule has 0 spiro atoms. The van der Waals surface area contributed by atoms with Crippen LogP contribution >= 0.6 is 0 Å². The molecule has 3 heterocycles. The zero-order chi connectivity index (χ0) is 24.4. The molecule has 0 fully saturated rings. The number of nitrogens with zero attached hydrogens (tertiary/aromatic N) is 4. The van der Waals surface area contributed by atoms with Gasteiger partial charge in [0.25, 0.3) is 17.2 Å². The molecule has 1 amide bonds. The molecule has 0 unspecified atom stereocenters. The molecule has 0 atom stereocenters. The number of fused-ring (bicyclic) bond motifs is 1. The van der Waals surface area contributed by atoms with E-state index < -0.39 is 5.91 Å². The number of carbonyl (C=O) groups excluding carboxylic acids is 1. The number of anilines is 1. The third-order valence-corrected chi connectivity index (χ3v) is 5.71. The van der Waals surface area contributed by atoms with Gasteiger partial charge in [0.05, 0.1) is 25.6 Å². The molecule has 0 bridgehead atoms. The van der Waals surface area contributed by atoms with Crippen molar-refractivity contribution in [3.05, 3.63) is 111 Å². The zero-order valence-corrected chi connectivity index (χ0v) is 19.3. The molecule has 1 N–H and O–H groups in total. The van der Waals surface area contributed by atoms with E-state index in [1.807, 2.05) is 54.6 Å². The van der Waals surface area contributed by atoms with Gasteiger partial charge in [0.1, 0.15) is 5.75 Å². The Morgan fingerprint density at radius 1 is 1.06 bits per heavy atom. The lowest BCUT2D eigenvalue weighted by Crippen LogP contribution is -2.31. The van der Waals surface area contributed by atoms with Crippen molar-refractivity contribution >= 4 is 17.6 Å². The van der Waals surface area contributed by atoms with Crippen LogP contribution in [0.2, 0.25) is 0 Å². The summed E-state index contributed by atoms with van der Waals surface area (Å²) >= 11 is 0. The minimum Gasteiger partial charge on any atom is -0.497 e. The Labute approximate surface area is 200 Å². The van der Waals surface area contributed by atoms with Gasteiger partial charge >= 0.3 is 0 Å². The lowest BCUT2D eigenvalue weighted by atomic mass is 10.1. The molecule has 35 heavy (non-hydrogen) atoms. The summed E-state index contributed by atoms with van der Waals surface area (Å²) in [5.74, 6) is 0.759. The Morgan fingerprint density at radius 3 is 2.60 bits per heavy atom. The van der Waals surface area contributed by atoms with Gasteiger partial charge in [-0.3, -0.25) is 19.6 Å². The summed E-state index contributed by atoms with van der Waals surface area (Å²) in [6.07, 6.45) is 1.87. The van der Waals surface area contributed by atoms with Crippen LogP contribution in [0, 0.1) is 6.92 Å². The Kier molecular flexibility index (Phi) is 5.88. The van der Waals surface area contributed by atoms with Crippen LogP contribution in [0.3, 0.4) is 0 Å². The number of ether oxygens (including phenoxy) is 1. The van der Waals surface area contributed by atoms with E-state index >= 15 is 0 Å². The smallest absolute Gasteiger partial charge is 0.296 e. The fraction of sp³-hybridized carbons (Fsp3) is 0.154. The number of carbonyl (C=O) groups is 1. The van der Waals surface area contributed by atoms with Crippen LogP contribution in [0.4, 0.5) is 5.95 Å². The Balaban J connectivity index is 1.57. The normalized spacial score (nSPS) is 11.0. The molecule has 0 aliphatic heterocycles. The van der Waals surface area contributed by atoms with E-state index in [9.17, 15) is 9.59 Å². The number of furan rings is 1. The lowest BCUT2D eigenvalue weighted by molar-refractivity contribution is 0.0956. The highest BCUT2D eigenvalue weighted by Gasteiger charge is 2.25. The summed E-state index contributed by atoms with van der Waals surface area (Å²) in [6, 6.07) is 20.3. The number of nitrogens with one attached hydrogen (secondary N) is 1. The first-order valence-corrected chi connectivity index (χ1v) is 11.0. The van der Waals surface area contributed by atoms with Crippen LogP contribution in [0.15, 0.2) is 82.2 Å². The summed E-state index contributed by atoms with van der Waals surface area (Å²) in [5.41, 5.74) is 2.70.